The number of nitrogens with two attached hydrogens (primary N) is 1. The fourth-order valence-corrected chi connectivity index (χ4v) is 2.15. The summed E-state index contributed by atoms with van der Waals surface area (Å²) in [7, 11) is 1.66. The monoisotopic (exact) mass is 265 g/mol. The van der Waals surface area contributed by atoms with Gasteiger partial charge in [0, 0.05) is 18.5 Å². The van der Waals surface area contributed by atoms with Crippen LogP contribution in [0.5, 0.6) is 11.5 Å². The maximum atomic E-state index is 6.04. The molecule has 1 aromatic rings. The molecule has 4 heteroatoms. The normalized spacial score (nSPS) is 20.3. The summed E-state index contributed by atoms with van der Waals surface area (Å²) in [6, 6.07) is 6.10. The lowest BCUT2D eigenvalue weighted by Gasteiger charge is -2.18. The molecular formula is C15H23NO3. The molecule has 1 fully saturated rings. The predicted octanol–water partition coefficient (Wildman–Crippen LogP) is 2.14. The molecule has 1 aromatic carbocycles. The molecule has 1 saturated heterocycles. The van der Waals surface area contributed by atoms with Crippen LogP contribution in [0.3, 0.4) is 0 Å². The van der Waals surface area contributed by atoms with Crippen molar-refractivity contribution in [2.24, 2.45) is 5.73 Å². The smallest absolute Gasteiger partial charge is 0.126 e. The van der Waals surface area contributed by atoms with Crippen LogP contribution in [0.25, 0.3) is 0 Å². The van der Waals surface area contributed by atoms with Gasteiger partial charge in [0.2, 0.25) is 0 Å². The molecule has 2 rings (SSSR count). The zero-order valence-corrected chi connectivity index (χ0v) is 11.7. The lowest BCUT2D eigenvalue weighted by atomic mass is 10.0. The highest BCUT2D eigenvalue weighted by atomic mass is 16.5. The van der Waals surface area contributed by atoms with Gasteiger partial charge in [-0.1, -0.05) is 13.0 Å². The van der Waals surface area contributed by atoms with Gasteiger partial charge in [0.15, 0.2) is 0 Å². The molecule has 2 N–H and O–H groups in total. The Hall–Kier alpha value is -1.26. The van der Waals surface area contributed by atoms with E-state index < -0.39 is 0 Å². The number of methoxy groups -OCH3 is 1. The summed E-state index contributed by atoms with van der Waals surface area (Å²) in [5.41, 5.74) is 7.18. The highest BCUT2D eigenvalue weighted by molar-refractivity contribution is 5.41. The fourth-order valence-electron chi connectivity index (χ4n) is 2.15. The van der Waals surface area contributed by atoms with E-state index in [0.717, 1.165) is 42.9 Å². The van der Waals surface area contributed by atoms with E-state index in [4.69, 9.17) is 19.9 Å². The molecule has 1 aliphatic heterocycles. The quantitative estimate of drug-likeness (QED) is 0.856. The van der Waals surface area contributed by atoms with Crippen LogP contribution in [-0.4, -0.2) is 32.5 Å². The van der Waals surface area contributed by atoms with Gasteiger partial charge in [-0.15, -0.1) is 0 Å². The van der Waals surface area contributed by atoms with Crippen LogP contribution >= 0.6 is 0 Å². The SMILES string of the molecule is CCC(N)Cc1ccc(OC)cc1OC1CCOC1. The van der Waals surface area contributed by atoms with E-state index in [0.29, 0.717) is 6.61 Å². The minimum atomic E-state index is 0.142. The summed E-state index contributed by atoms with van der Waals surface area (Å²) < 4.78 is 16.6. The van der Waals surface area contributed by atoms with Gasteiger partial charge in [0.05, 0.1) is 20.3 Å². The number of benzene rings is 1. The molecule has 0 aromatic heterocycles. The molecule has 1 aliphatic rings. The summed E-state index contributed by atoms with van der Waals surface area (Å²) in [4.78, 5) is 0. The molecule has 0 amide bonds. The Morgan fingerprint density at radius 2 is 2.32 bits per heavy atom. The molecule has 106 valence electrons. The van der Waals surface area contributed by atoms with E-state index in [1.54, 1.807) is 7.11 Å². The van der Waals surface area contributed by atoms with Crippen molar-refractivity contribution in [1.29, 1.82) is 0 Å². The van der Waals surface area contributed by atoms with Crippen molar-refractivity contribution in [3.05, 3.63) is 23.8 Å². The van der Waals surface area contributed by atoms with Gasteiger partial charge in [0.25, 0.3) is 0 Å². The third-order valence-corrected chi connectivity index (χ3v) is 3.46. The van der Waals surface area contributed by atoms with E-state index in [1.807, 2.05) is 18.2 Å². The first-order valence-electron chi connectivity index (χ1n) is 6.89. The Balaban J connectivity index is 2.15. The van der Waals surface area contributed by atoms with Crippen LogP contribution in [0.4, 0.5) is 0 Å². The average Bonchev–Trinajstić information content (AvgIpc) is 2.93. The van der Waals surface area contributed by atoms with Crippen molar-refractivity contribution in [3.63, 3.8) is 0 Å². The molecule has 19 heavy (non-hydrogen) atoms. The van der Waals surface area contributed by atoms with Crippen LogP contribution in [0, 0.1) is 0 Å². The standard InChI is InChI=1S/C15H23NO3/c1-3-12(16)8-11-4-5-13(17-2)9-15(11)19-14-6-7-18-10-14/h4-5,9,12,14H,3,6-8,10,16H2,1-2H3. The highest BCUT2D eigenvalue weighted by Gasteiger charge is 2.19. The number of ether oxygens (including phenoxy) is 3. The summed E-state index contributed by atoms with van der Waals surface area (Å²) in [6.07, 6.45) is 2.86. The maximum absolute atomic E-state index is 6.04. The molecule has 0 saturated carbocycles. The van der Waals surface area contributed by atoms with Crippen molar-refractivity contribution in [3.8, 4) is 11.5 Å². The fraction of sp³-hybridized carbons (Fsp3) is 0.600. The van der Waals surface area contributed by atoms with Gasteiger partial charge >= 0.3 is 0 Å². The molecule has 0 aliphatic carbocycles. The third-order valence-electron chi connectivity index (χ3n) is 3.46. The van der Waals surface area contributed by atoms with Crippen molar-refractivity contribution in [2.75, 3.05) is 20.3 Å². The Morgan fingerprint density at radius 3 is 2.95 bits per heavy atom. The minimum Gasteiger partial charge on any atom is -0.497 e. The second kappa shape index (κ2) is 6.78. The molecule has 2 unspecified atom stereocenters. The van der Waals surface area contributed by atoms with Crippen LogP contribution in [0.15, 0.2) is 18.2 Å². The van der Waals surface area contributed by atoms with Gasteiger partial charge in [-0.05, 0) is 24.5 Å². The zero-order valence-electron chi connectivity index (χ0n) is 11.7. The third kappa shape index (κ3) is 3.85. The first-order valence-corrected chi connectivity index (χ1v) is 6.89. The summed E-state index contributed by atoms with van der Waals surface area (Å²) in [6.45, 7) is 3.54. The Kier molecular flexibility index (Phi) is 5.05. The van der Waals surface area contributed by atoms with Crippen LogP contribution in [-0.2, 0) is 11.2 Å². The van der Waals surface area contributed by atoms with Crippen LogP contribution in [0.1, 0.15) is 25.3 Å². The Morgan fingerprint density at radius 1 is 1.47 bits per heavy atom. The second-order valence-electron chi connectivity index (χ2n) is 4.95. The van der Waals surface area contributed by atoms with E-state index in [1.165, 1.54) is 0 Å². The molecule has 2 atom stereocenters. The molecule has 0 radical (unpaired) electrons. The van der Waals surface area contributed by atoms with Crippen LogP contribution in [0.2, 0.25) is 0 Å². The van der Waals surface area contributed by atoms with Crippen LogP contribution < -0.4 is 15.2 Å². The van der Waals surface area contributed by atoms with E-state index >= 15 is 0 Å². The lowest BCUT2D eigenvalue weighted by Crippen LogP contribution is -2.23. The first-order chi connectivity index (χ1) is 9.22. The maximum Gasteiger partial charge on any atom is 0.126 e. The molecule has 0 bridgehead atoms. The largest absolute Gasteiger partial charge is 0.497 e. The summed E-state index contributed by atoms with van der Waals surface area (Å²) in [5, 5.41) is 0. The van der Waals surface area contributed by atoms with E-state index in [-0.39, 0.29) is 12.1 Å². The second-order valence-corrected chi connectivity index (χ2v) is 4.95. The van der Waals surface area contributed by atoms with Gasteiger partial charge in [-0.2, -0.15) is 0 Å². The number of rotatable bonds is 6. The Bertz CT molecular complexity index is 402. The lowest BCUT2D eigenvalue weighted by molar-refractivity contribution is 0.140. The molecule has 4 nitrogen and oxygen atoms in total. The van der Waals surface area contributed by atoms with Gasteiger partial charge in [-0.3, -0.25) is 0 Å². The van der Waals surface area contributed by atoms with Crippen molar-refractivity contribution in [2.45, 2.75) is 38.3 Å². The average molecular weight is 265 g/mol. The Labute approximate surface area is 114 Å². The predicted molar refractivity (Wildman–Crippen MR) is 74.8 cm³/mol. The summed E-state index contributed by atoms with van der Waals surface area (Å²) in [5.74, 6) is 1.68. The van der Waals surface area contributed by atoms with Gasteiger partial charge < -0.3 is 19.9 Å². The molecular weight excluding hydrogens is 242 g/mol. The van der Waals surface area contributed by atoms with E-state index in [2.05, 4.69) is 6.92 Å². The van der Waals surface area contributed by atoms with E-state index in [9.17, 15) is 0 Å². The van der Waals surface area contributed by atoms with Crippen molar-refractivity contribution < 1.29 is 14.2 Å². The van der Waals surface area contributed by atoms with Crippen molar-refractivity contribution >= 4 is 0 Å². The number of hydrogen-bond acceptors (Lipinski definition) is 4. The first kappa shape index (κ1) is 14.2. The number of hydrogen-bond donors (Lipinski definition) is 1. The minimum absolute atomic E-state index is 0.142. The molecule has 1 heterocycles. The van der Waals surface area contributed by atoms with Gasteiger partial charge in [-0.25, -0.2) is 0 Å². The summed E-state index contributed by atoms with van der Waals surface area (Å²) >= 11 is 0. The molecule has 0 spiro atoms. The highest BCUT2D eigenvalue weighted by Crippen LogP contribution is 2.28. The zero-order chi connectivity index (χ0) is 13.7. The van der Waals surface area contributed by atoms with Gasteiger partial charge in [0.1, 0.15) is 17.6 Å². The topological polar surface area (TPSA) is 53.7 Å². The van der Waals surface area contributed by atoms with Crippen molar-refractivity contribution in [1.82, 2.24) is 0 Å².